The number of nitrogens with zero attached hydrogens (tertiary/aromatic N) is 2. The van der Waals surface area contributed by atoms with Gasteiger partial charge in [-0.15, -0.1) is 0 Å². The molecule has 1 heterocycles. The summed E-state index contributed by atoms with van der Waals surface area (Å²) < 4.78 is 0. The molecule has 114 valence electrons. The number of amides is 2. The zero-order chi connectivity index (χ0) is 15.4. The van der Waals surface area contributed by atoms with E-state index in [0.29, 0.717) is 13.0 Å². The van der Waals surface area contributed by atoms with Gasteiger partial charge in [-0.2, -0.15) is 0 Å². The molecule has 0 aliphatic carbocycles. The van der Waals surface area contributed by atoms with Crippen LogP contribution >= 0.6 is 0 Å². The number of carbonyl (C=O) groups excluding carboxylic acids is 2. The van der Waals surface area contributed by atoms with E-state index in [0.717, 1.165) is 25.1 Å². The van der Waals surface area contributed by atoms with Gasteiger partial charge in [0.1, 0.15) is 0 Å². The number of fused-ring (bicyclic) bond motifs is 1. The van der Waals surface area contributed by atoms with Crippen LogP contribution in [0.4, 0.5) is 5.69 Å². The monoisotopic (exact) mass is 288 g/mol. The first-order valence-electron chi connectivity index (χ1n) is 7.66. The first-order valence-corrected chi connectivity index (χ1v) is 7.66. The molecule has 0 bridgehead atoms. The number of para-hydroxylation sites is 1. The third-order valence-corrected chi connectivity index (χ3v) is 4.01. The number of carbonyl (C=O) groups is 2. The number of hydrogen-bond acceptors (Lipinski definition) is 2. The third-order valence-electron chi connectivity index (χ3n) is 4.01. The molecule has 0 N–H and O–H groups in total. The third kappa shape index (κ3) is 3.63. The molecule has 2 rings (SSSR count). The normalized spacial score (nSPS) is 14.0. The molecule has 1 aliphatic heterocycles. The molecule has 0 radical (unpaired) electrons. The molecule has 1 aliphatic rings. The molecular formula is C17H24N2O2. The van der Waals surface area contributed by atoms with Crippen molar-refractivity contribution in [2.75, 3.05) is 18.0 Å². The van der Waals surface area contributed by atoms with Gasteiger partial charge in [-0.1, -0.05) is 18.2 Å². The summed E-state index contributed by atoms with van der Waals surface area (Å²) in [4.78, 5) is 27.7. The Morgan fingerprint density at radius 2 is 2.00 bits per heavy atom. The fourth-order valence-electron chi connectivity index (χ4n) is 2.92. The van der Waals surface area contributed by atoms with Gasteiger partial charge in [0.05, 0.1) is 0 Å². The van der Waals surface area contributed by atoms with Gasteiger partial charge < -0.3 is 9.80 Å². The zero-order valence-electron chi connectivity index (χ0n) is 13.1. The highest BCUT2D eigenvalue weighted by atomic mass is 16.2. The average Bonchev–Trinajstić information content (AvgIpc) is 2.46. The van der Waals surface area contributed by atoms with Gasteiger partial charge in [0.15, 0.2) is 0 Å². The Hall–Kier alpha value is -1.84. The molecule has 2 amide bonds. The fourth-order valence-corrected chi connectivity index (χ4v) is 2.92. The van der Waals surface area contributed by atoms with E-state index in [2.05, 4.69) is 6.07 Å². The Bertz CT molecular complexity index is 525. The van der Waals surface area contributed by atoms with Gasteiger partial charge in [-0.3, -0.25) is 9.59 Å². The van der Waals surface area contributed by atoms with E-state index in [1.807, 2.05) is 36.9 Å². The molecule has 0 spiro atoms. The summed E-state index contributed by atoms with van der Waals surface area (Å²) in [5.41, 5.74) is 2.28. The molecule has 4 heteroatoms. The van der Waals surface area contributed by atoms with E-state index in [1.54, 1.807) is 11.8 Å². The predicted octanol–water partition coefficient (Wildman–Crippen LogP) is 2.61. The molecule has 21 heavy (non-hydrogen) atoms. The highest BCUT2D eigenvalue weighted by Gasteiger charge is 2.23. The van der Waals surface area contributed by atoms with Crippen LogP contribution in [0.25, 0.3) is 0 Å². The maximum Gasteiger partial charge on any atom is 0.228 e. The minimum Gasteiger partial charge on any atom is -0.340 e. The molecule has 0 fully saturated rings. The Morgan fingerprint density at radius 1 is 1.29 bits per heavy atom. The lowest BCUT2D eigenvalue weighted by Gasteiger charge is -2.31. The predicted molar refractivity (Wildman–Crippen MR) is 84.3 cm³/mol. The average molecular weight is 288 g/mol. The van der Waals surface area contributed by atoms with Crippen LogP contribution in [0.1, 0.15) is 39.2 Å². The fraction of sp³-hybridized carbons (Fsp3) is 0.529. The van der Waals surface area contributed by atoms with Gasteiger partial charge in [0, 0.05) is 38.2 Å². The summed E-state index contributed by atoms with van der Waals surface area (Å²) in [5, 5.41) is 0. The van der Waals surface area contributed by atoms with E-state index in [9.17, 15) is 9.59 Å². The minimum absolute atomic E-state index is 0.0249. The van der Waals surface area contributed by atoms with Crippen LogP contribution < -0.4 is 4.90 Å². The van der Waals surface area contributed by atoms with Crippen molar-refractivity contribution in [3.8, 4) is 0 Å². The highest BCUT2D eigenvalue weighted by Crippen LogP contribution is 2.27. The molecule has 1 aromatic carbocycles. The summed E-state index contributed by atoms with van der Waals surface area (Å²) in [6, 6.07) is 8.22. The van der Waals surface area contributed by atoms with E-state index < -0.39 is 0 Å². The van der Waals surface area contributed by atoms with Crippen LogP contribution in [-0.4, -0.2) is 35.8 Å². The van der Waals surface area contributed by atoms with Crippen molar-refractivity contribution in [3.05, 3.63) is 29.8 Å². The Kier molecular flexibility index (Phi) is 4.99. The maximum atomic E-state index is 12.5. The second-order valence-electron chi connectivity index (χ2n) is 5.83. The molecular weight excluding hydrogens is 264 g/mol. The van der Waals surface area contributed by atoms with Crippen molar-refractivity contribution in [2.24, 2.45) is 0 Å². The molecule has 0 aromatic heterocycles. The van der Waals surface area contributed by atoms with Crippen molar-refractivity contribution in [3.63, 3.8) is 0 Å². The number of aryl methyl sites for hydroxylation is 1. The van der Waals surface area contributed by atoms with Crippen LogP contribution in [0.5, 0.6) is 0 Å². The van der Waals surface area contributed by atoms with E-state index in [-0.39, 0.29) is 17.9 Å². The number of benzene rings is 1. The van der Waals surface area contributed by atoms with E-state index in [1.165, 1.54) is 5.56 Å². The molecule has 0 atom stereocenters. The summed E-state index contributed by atoms with van der Waals surface area (Å²) in [6.07, 6.45) is 2.42. The smallest absolute Gasteiger partial charge is 0.228 e. The van der Waals surface area contributed by atoms with Crippen molar-refractivity contribution < 1.29 is 9.59 Å². The van der Waals surface area contributed by atoms with Gasteiger partial charge in [-0.25, -0.2) is 0 Å². The van der Waals surface area contributed by atoms with Crippen molar-refractivity contribution in [2.45, 2.75) is 46.1 Å². The molecule has 1 aromatic rings. The molecule has 0 saturated carbocycles. The first kappa shape index (κ1) is 15.5. The van der Waals surface area contributed by atoms with Crippen molar-refractivity contribution >= 4 is 17.5 Å². The topological polar surface area (TPSA) is 40.6 Å². The standard InChI is InChI=1S/C17H24N2O2/c1-13(2)18(14(3)20)12-10-17(21)19-11-6-8-15-7-4-5-9-16(15)19/h4-5,7,9,13H,6,8,10-12H2,1-3H3. The molecule has 0 unspecified atom stereocenters. The summed E-state index contributed by atoms with van der Waals surface area (Å²) in [6.45, 7) is 6.77. The molecule has 0 saturated heterocycles. The van der Waals surface area contributed by atoms with Crippen LogP contribution in [0, 0.1) is 0 Å². The van der Waals surface area contributed by atoms with E-state index >= 15 is 0 Å². The number of anilines is 1. The highest BCUT2D eigenvalue weighted by molar-refractivity contribution is 5.94. The summed E-state index contributed by atoms with van der Waals surface area (Å²) in [5.74, 6) is 0.130. The Balaban J connectivity index is 2.03. The second kappa shape index (κ2) is 6.74. The van der Waals surface area contributed by atoms with Crippen LogP contribution in [0.15, 0.2) is 24.3 Å². The maximum absolute atomic E-state index is 12.5. The lowest BCUT2D eigenvalue weighted by atomic mass is 10.0. The number of hydrogen-bond donors (Lipinski definition) is 0. The Morgan fingerprint density at radius 3 is 2.67 bits per heavy atom. The lowest BCUT2D eigenvalue weighted by Crippen LogP contribution is -2.41. The van der Waals surface area contributed by atoms with Crippen LogP contribution in [0.2, 0.25) is 0 Å². The zero-order valence-corrected chi connectivity index (χ0v) is 13.1. The van der Waals surface area contributed by atoms with Crippen LogP contribution in [-0.2, 0) is 16.0 Å². The quantitative estimate of drug-likeness (QED) is 0.854. The van der Waals surface area contributed by atoms with Gasteiger partial charge in [-0.05, 0) is 38.3 Å². The first-order chi connectivity index (χ1) is 10.0. The van der Waals surface area contributed by atoms with Gasteiger partial charge in [0.2, 0.25) is 11.8 Å². The SMILES string of the molecule is CC(=O)N(CCC(=O)N1CCCc2ccccc21)C(C)C. The van der Waals surface area contributed by atoms with Crippen molar-refractivity contribution in [1.29, 1.82) is 0 Å². The second-order valence-corrected chi connectivity index (χ2v) is 5.83. The lowest BCUT2D eigenvalue weighted by molar-refractivity contribution is -0.131. The number of rotatable bonds is 4. The van der Waals surface area contributed by atoms with E-state index in [4.69, 9.17) is 0 Å². The summed E-state index contributed by atoms with van der Waals surface area (Å²) >= 11 is 0. The van der Waals surface area contributed by atoms with Gasteiger partial charge >= 0.3 is 0 Å². The molecule has 4 nitrogen and oxygen atoms in total. The van der Waals surface area contributed by atoms with Gasteiger partial charge in [0.25, 0.3) is 0 Å². The minimum atomic E-state index is 0.0249. The summed E-state index contributed by atoms with van der Waals surface area (Å²) in [7, 11) is 0. The van der Waals surface area contributed by atoms with Crippen molar-refractivity contribution in [1.82, 2.24) is 4.90 Å². The Labute approximate surface area is 126 Å². The largest absolute Gasteiger partial charge is 0.340 e. The van der Waals surface area contributed by atoms with Crippen LogP contribution in [0.3, 0.4) is 0 Å².